The lowest BCUT2D eigenvalue weighted by molar-refractivity contribution is -0.147. The first-order chi connectivity index (χ1) is 27.7. The number of hydrogen-bond donors (Lipinski definition) is 2. The molecule has 0 bridgehead atoms. The van der Waals surface area contributed by atoms with Crippen LogP contribution in [-0.4, -0.2) is 83.4 Å². The summed E-state index contributed by atoms with van der Waals surface area (Å²) in [6, 6.07) is 17.3. The second-order valence-electron chi connectivity index (χ2n) is 17.7. The van der Waals surface area contributed by atoms with Crippen LogP contribution in [0.4, 0.5) is 10.5 Å². The number of nitrogens with zero attached hydrogens (tertiary/aromatic N) is 3. The SMILES string of the molecule is COC(=O)c1ccc(CN(C(C)=O)c2ccc3c(c2)CN(C(=O)C(NC(=O)C(C)N(C)C(=O)OC(C)(C)C)C(C)(C)C)C(C(=O)N[C@@H]2CCCc4ccccc42)C3)cc1. The lowest BCUT2D eigenvalue weighted by Crippen LogP contribution is -2.62. The molecular formula is C46H59N5O8. The Morgan fingerprint density at radius 3 is 2.20 bits per heavy atom. The second-order valence-corrected chi connectivity index (χ2v) is 17.7. The van der Waals surface area contributed by atoms with Gasteiger partial charge in [0.05, 0.1) is 25.3 Å². The molecule has 4 atom stereocenters. The van der Waals surface area contributed by atoms with Gasteiger partial charge in [0.1, 0.15) is 23.7 Å². The molecule has 0 spiro atoms. The highest BCUT2D eigenvalue weighted by atomic mass is 16.6. The van der Waals surface area contributed by atoms with E-state index in [1.54, 1.807) is 56.9 Å². The molecule has 13 nitrogen and oxygen atoms in total. The molecule has 13 heteroatoms. The van der Waals surface area contributed by atoms with Crippen LogP contribution in [0.1, 0.15) is 112 Å². The van der Waals surface area contributed by atoms with Crippen LogP contribution in [0.2, 0.25) is 0 Å². The molecule has 59 heavy (non-hydrogen) atoms. The number of hydrogen-bond acceptors (Lipinski definition) is 8. The fraction of sp³-hybridized carbons (Fsp3) is 0.478. The van der Waals surface area contributed by atoms with Crippen LogP contribution in [0.25, 0.3) is 0 Å². The van der Waals surface area contributed by atoms with Gasteiger partial charge in [0.2, 0.25) is 23.6 Å². The maximum Gasteiger partial charge on any atom is 0.410 e. The summed E-state index contributed by atoms with van der Waals surface area (Å²) in [5, 5.41) is 6.19. The van der Waals surface area contributed by atoms with Crippen molar-refractivity contribution in [2.45, 2.75) is 124 Å². The van der Waals surface area contributed by atoms with Crippen LogP contribution in [0.5, 0.6) is 0 Å². The average molecular weight is 810 g/mol. The van der Waals surface area contributed by atoms with Crippen molar-refractivity contribution in [3.63, 3.8) is 0 Å². The number of carbonyl (C=O) groups excluding carboxylic acids is 6. The van der Waals surface area contributed by atoms with Gasteiger partial charge in [-0.05, 0) is 104 Å². The third-order valence-electron chi connectivity index (χ3n) is 11.0. The summed E-state index contributed by atoms with van der Waals surface area (Å²) in [5.74, 6) is -1.97. The Morgan fingerprint density at radius 1 is 0.898 bits per heavy atom. The number of benzene rings is 3. The minimum Gasteiger partial charge on any atom is -0.465 e. The quantitative estimate of drug-likeness (QED) is 0.228. The van der Waals surface area contributed by atoms with Crippen molar-refractivity contribution in [3.05, 3.63) is 100 Å². The first kappa shape index (κ1) is 44.4. The van der Waals surface area contributed by atoms with Crippen molar-refractivity contribution < 1.29 is 38.2 Å². The van der Waals surface area contributed by atoms with E-state index in [0.29, 0.717) is 11.3 Å². The highest BCUT2D eigenvalue weighted by Crippen LogP contribution is 2.34. The molecule has 5 amide bonds. The molecule has 2 N–H and O–H groups in total. The number of anilines is 1. The second kappa shape index (κ2) is 18.0. The third-order valence-corrected chi connectivity index (χ3v) is 11.0. The molecule has 3 aromatic carbocycles. The van der Waals surface area contributed by atoms with Crippen molar-refractivity contribution >= 4 is 41.4 Å². The van der Waals surface area contributed by atoms with Crippen LogP contribution in [0.3, 0.4) is 0 Å². The zero-order valence-corrected chi connectivity index (χ0v) is 36.0. The number of esters is 1. The first-order valence-corrected chi connectivity index (χ1v) is 20.2. The molecule has 1 aliphatic heterocycles. The summed E-state index contributed by atoms with van der Waals surface area (Å²) in [5.41, 5.74) is 4.07. The molecule has 316 valence electrons. The minimum absolute atomic E-state index is 0.0384. The van der Waals surface area contributed by atoms with E-state index >= 15 is 4.79 Å². The Labute approximate surface area is 347 Å². The van der Waals surface area contributed by atoms with E-state index in [4.69, 9.17) is 9.47 Å². The summed E-state index contributed by atoms with van der Waals surface area (Å²) in [7, 11) is 2.79. The summed E-state index contributed by atoms with van der Waals surface area (Å²) in [4.78, 5) is 85.6. The number of likely N-dealkylation sites (N-methyl/N-ethyl adjacent to an activating group) is 1. The fourth-order valence-corrected chi connectivity index (χ4v) is 7.55. The van der Waals surface area contributed by atoms with Crippen molar-refractivity contribution in [2.75, 3.05) is 19.1 Å². The predicted molar refractivity (Wildman–Crippen MR) is 224 cm³/mol. The van der Waals surface area contributed by atoms with Gasteiger partial charge in [-0.2, -0.15) is 0 Å². The van der Waals surface area contributed by atoms with Gasteiger partial charge < -0.3 is 29.9 Å². The van der Waals surface area contributed by atoms with Gasteiger partial charge in [-0.15, -0.1) is 0 Å². The fourth-order valence-electron chi connectivity index (χ4n) is 7.55. The van der Waals surface area contributed by atoms with Gasteiger partial charge in [-0.25, -0.2) is 9.59 Å². The highest BCUT2D eigenvalue weighted by Gasteiger charge is 2.43. The molecule has 3 aromatic rings. The molecule has 2 aliphatic rings. The Morgan fingerprint density at radius 2 is 1.58 bits per heavy atom. The third kappa shape index (κ3) is 10.7. The number of amides is 5. The topological polar surface area (TPSA) is 155 Å². The number of carbonyl (C=O) groups is 6. The maximum atomic E-state index is 15.0. The van der Waals surface area contributed by atoms with Gasteiger partial charge in [0.15, 0.2) is 0 Å². The zero-order chi connectivity index (χ0) is 43.4. The van der Waals surface area contributed by atoms with E-state index in [1.165, 1.54) is 36.4 Å². The lowest BCUT2D eigenvalue weighted by Gasteiger charge is -2.42. The van der Waals surface area contributed by atoms with E-state index in [9.17, 15) is 24.0 Å². The largest absolute Gasteiger partial charge is 0.465 e. The summed E-state index contributed by atoms with van der Waals surface area (Å²) >= 11 is 0. The summed E-state index contributed by atoms with van der Waals surface area (Å²) < 4.78 is 10.3. The maximum absolute atomic E-state index is 15.0. The molecule has 0 aromatic heterocycles. The van der Waals surface area contributed by atoms with Crippen LogP contribution in [0, 0.1) is 5.41 Å². The first-order valence-electron chi connectivity index (χ1n) is 20.2. The van der Waals surface area contributed by atoms with Crippen LogP contribution < -0.4 is 15.5 Å². The number of nitrogens with one attached hydrogen (secondary N) is 2. The minimum atomic E-state index is -1.08. The van der Waals surface area contributed by atoms with Crippen molar-refractivity contribution in [1.82, 2.24) is 20.4 Å². The average Bonchev–Trinajstić information content (AvgIpc) is 3.19. The number of ether oxygens (including phenoxy) is 2. The Kier molecular flexibility index (Phi) is 13.6. The van der Waals surface area contributed by atoms with Crippen molar-refractivity contribution in [3.8, 4) is 0 Å². The molecule has 1 aliphatic carbocycles. The van der Waals surface area contributed by atoms with E-state index in [1.807, 2.05) is 57.2 Å². The van der Waals surface area contributed by atoms with Gasteiger partial charge in [0.25, 0.3) is 0 Å². The molecule has 0 saturated carbocycles. The molecule has 0 fully saturated rings. The Bertz CT molecular complexity index is 2070. The number of aryl methyl sites for hydroxylation is 1. The standard InChI is InChI=1S/C46H59N5O8/c1-28(49(9)44(57)59-46(6,7)8)40(53)48-39(45(3,4)5)42(55)51-27-34-24-35(50(29(2)52)26-30-18-20-32(21-19-30)43(56)58-10)23-22-33(34)25-38(51)41(54)47-37-17-13-15-31-14-11-12-16-36(31)37/h11-12,14,16,18-24,28,37-39H,13,15,17,25-27H2,1-10H3,(H,47,54)(H,48,53)/t28?,37-,38?,39?/m1/s1. The monoisotopic (exact) mass is 809 g/mol. The Balaban J connectivity index is 1.47. The predicted octanol–water partition coefficient (Wildman–Crippen LogP) is 6.26. The van der Waals surface area contributed by atoms with Crippen LogP contribution >= 0.6 is 0 Å². The van der Waals surface area contributed by atoms with E-state index < -0.39 is 53.0 Å². The van der Waals surface area contributed by atoms with Gasteiger partial charge in [0, 0.05) is 32.6 Å². The normalized spacial score (nSPS) is 17.3. The van der Waals surface area contributed by atoms with Gasteiger partial charge in [-0.3, -0.25) is 24.1 Å². The van der Waals surface area contributed by atoms with Crippen molar-refractivity contribution in [1.29, 1.82) is 0 Å². The zero-order valence-electron chi connectivity index (χ0n) is 36.0. The van der Waals surface area contributed by atoms with Crippen LogP contribution in [-0.2, 0) is 54.6 Å². The number of methoxy groups -OCH3 is 1. The summed E-state index contributed by atoms with van der Waals surface area (Å²) in [6.45, 7) is 14.0. The molecular weight excluding hydrogens is 751 g/mol. The van der Waals surface area contributed by atoms with E-state index in [-0.39, 0.29) is 37.4 Å². The highest BCUT2D eigenvalue weighted by molar-refractivity contribution is 5.95. The smallest absolute Gasteiger partial charge is 0.410 e. The molecule has 5 rings (SSSR count). The lowest BCUT2D eigenvalue weighted by atomic mass is 9.83. The summed E-state index contributed by atoms with van der Waals surface area (Å²) in [6.07, 6.45) is 2.13. The molecule has 0 radical (unpaired) electrons. The van der Waals surface area contributed by atoms with Crippen LogP contribution in [0.15, 0.2) is 66.7 Å². The van der Waals surface area contributed by atoms with Gasteiger partial charge in [-0.1, -0.05) is 63.2 Å². The molecule has 0 saturated heterocycles. The van der Waals surface area contributed by atoms with E-state index in [0.717, 1.165) is 41.5 Å². The van der Waals surface area contributed by atoms with Crippen molar-refractivity contribution in [2.24, 2.45) is 5.41 Å². The number of fused-ring (bicyclic) bond motifs is 2. The number of rotatable bonds is 10. The molecule has 3 unspecified atom stereocenters. The van der Waals surface area contributed by atoms with Gasteiger partial charge >= 0.3 is 12.1 Å². The molecule has 1 heterocycles. The van der Waals surface area contributed by atoms with E-state index in [2.05, 4.69) is 16.7 Å². The Hall–Kier alpha value is -5.72.